The average Bonchev–Trinajstić information content (AvgIpc) is 3.15. The maximum Gasteiger partial charge on any atom is 0.326 e. The standard InChI is InChI=1S/C39H34N4O6S2/c1-2-22-47-29-18-20-32-35(25-29)50-36-26-30(48-23-11-24-51(44,45)46)19-21-33(36)43(32)31-16-9-10-17-34(31)49-39-41-37(27-12-5-3-6-13-27)40-38(42-39)28-14-7-4-8-15-28/h3-10,12-21,25-26H,2,11,22-24H2,1H3,(H,44,45,46). The van der Waals surface area contributed by atoms with Crippen molar-refractivity contribution in [2.75, 3.05) is 23.9 Å². The van der Waals surface area contributed by atoms with E-state index in [4.69, 9.17) is 33.7 Å². The Morgan fingerprint density at radius 3 is 1.78 bits per heavy atom. The van der Waals surface area contributed by atoms with E-state index >= 15 is 0 Å². The molecule has 5 aromatic carbocycles. The second kappa shape index (κ2) is 15.2. The summed E-state index contributed by atoms with van der Waals surface area (Å²) >= 11 is 1.58. The number of hydrogen-bond acceptors (Lipinski definition) is 10. The zero-order valence-corrected chi connectivity index (χ0v) is 29.3. The first-order valence-electron chi connectivity index (χ1n) is 16.5. The summed E-state index contributed by atoms with van der Waals surface area (Å²) in [5.74, 6) is 2.49. The normalized spacial score (nSPS) is 12.2. The Labute approximate surface area is 300 Å². The number of nitrogens with zero attached hydrogens (tertiary/aromatic N) is 4. The second-order valence-corrected chi connectivity index (χ2v) is 14.3. The van der Waals surface area contributed by atoms with Crippen LogP contribution in [0.1, 0.15) is 19.8 Å². The van der Waals surface area contributed by atoms with E-state index in [2.05, 4.69) is 11.8 Å². The molecule has 0 saturated heterocycles. The molecule has 51 heavy (non-hydrogen) atoms. The van der Waals surface area contributed by atoms with Crippen LogP contribution in [0.4, 0.5) is 17.1 Å². The minimum Gasteiger partial charge on any atom is -0.494 e. The van der Waals surface area contributed by atoms with Crippen LogP contribution in [0.2, 0.25) is 0 Å². The zero-order valence-electron chi connectivity index (χ0n) is 27.7. The summed E-state index contributed by atoms with van der Waals surface area (Å²) in [5, 5.41) is 0. The molecular weight excluding hydrogens is 685 g/mol. The highest BCUT2D eigenvalue weighted by atomic mass is 32.2. The van der Waals surface area contributed by atoms with Gasteiger partial charge in [0.05, 0.1) is 36.0 Å². The van der Waals surface area contributed by atoms with Gasteiger partial charge in [0.15, 0.2) is 17.4 Å². The van der Waals surface area contributed by atoms with E-state index in [0.717, 1.165) is 50.2 Å². The molecule has 1 N–H and O–H groups in total. The van der Waals surface area contributed by atoms with Crippen molar-refractivity contribution in [2.45, 2.75) is 29.6 Å². The van der Waals surface area contributed by atoms with Crippen LogP contribution >= 0.6 is 11.8 Å². The first-order valence-corrected chi connectivity index (χ1v) is 18.9. The van der Waals surface area contributed by atoms with Gasteiger partial charge in [-0.1, -0.05) is 91.5 Å². The molecule has 1 aromatic heterocycles. The number of anilines is 3. The molecule has 1 aliphatic heterocycles. The molecule has 1 aliphatic rings. The molecule has 0 amide bonds. The molecule has 0 fully saturated rings. The van der Waals surface area contributed by atoms with Gasteiger partial charge in [0.1, 0.15) is 11.5 Å². The van der Waals surface area contributed by atoms with Gasteiger partial charge in [-0.05, 0) is 61.4 Å². The fourth-order valence-electron chi connectivity index (χ4n) is 5.52. The van der Waals surface area contributed by atoms with Crippen molar-refractivity contribution < 1.29 is 27.2 Å². The van der Waals surface area contributed by atoms with Crippen LogP contribution in [-0.4, -0.2) is 46.9 Å². The molecule has 10 nitrogen and oxygen atoms in total. The number of rotatable bonds is 13. The van der Waals surface area contributed by atoms with E-state index < -0.39 is 10.1 Å². The Bertz CT molecular complexity index is 2200. The number of aromatic nitrogens is 3. The van der Waals surface area contributed by atoms with E-state index in [0.29, 0.717) is 29.8 Å². The SMILES string of the molecule is CCCOc1ccc2c(c1)Sc1cc(OCCCS(=O)(=O)O)ccc1N2c1ccccc1Oc1nc(-c2ccccc2)nc(-c2ccccc2)n1. The number of hydrogen-bond donors (Lipinski definition) is 1. The van der Waals surface area contributed by atoms with E-state index in [9.17, 15) is 8.42 Å². The third-order valence-electron chi connectivity index (χ3n) is 7.84. The largest absolute Gasteiger partial charge is 0.494 e. The minimum absolute atomic E-state index is 0.136. The van der Waals surface area contributed by atoms with Crippen molar-refractivity contribution in [1.82, 2.24) is 15.0 Å². The van der Waals surface area contributed by atoms with Crippen molar-refractivity contribution in [3.8, 4) is 46.0 Å². The molecule has 0 aliphatic carbocycles. The lowest BCUT2D eigenvalue weighted by atomic mass is 10.1. The lowest BCUT2D eigenvalue weighted by Crippen LogP contribution is -2.16. The Morgan fingerprint density at radius 1 is 0.667 bits per heavy atom. The number of para-hydroxylation sites is 2. The van der Waals surface area contributed by atoms with E-state index in [1.54, 1.807) is 11.8 Å². The predicted molar refractivity (Wildman–Crippen MR) is 198 cm³/mol. The van der Waals surface area contributed by atoms with Gasteiger partial charge in [-0.15, -0.1) is 0 Å². The number of ether oxygens (including phenoxy) is 3. The van der Waals surface area contributed by atoms with Crippen LogP contribution < -0.4 is 19.1 Å². The molecular formula is C39H34N4O6S2. The third kappa shape index (κ3) is 8.15. The van der Waals surface area contributed by atoms with Crippen LogP contribution in [0, 0.1) is 0 Å². The monoisotopic (exact) mass is 718 g/mol. The first-order chi connectivity index (χ1) is 24.8. The summed E-state index contributed by atoms with van der Waals surface area (Å²) in [5.41, 5.74) is 4.25. The molecule has 6 aromatic rings. The summed E-state index contributed by atoms with van der Waals surface area (Å²) in [4.78, 5) is 18.3. The van der Waals surface area contributed by atoms with Gasteiger partial charge < -0.3 is 19.1 Å². The highest BCUT2D eigenvalue weighted by Gasteiger charge is 2.28. The van der Waals surface area contributed by atoms with Gasteiger partial charge in [-0.2, -0.15) is 18.4 Å². The molecule has 12 heteroatoms. The molecule has 0 atom stereocenters. The van der Waals surface area contributed by atoms with Crippen molar-refractivity contribution in [3.05, 3.63) is 121 Å². The van der Waals surface area contributed by atoms with Crippen LogP contribution in [0.3, 0.4) is 0 Å². The van der Waals surface area contributed by atoms with Gasteiger partial charge in [0.2, 0.25) is 0 Å². The Hall–Kier alpha value is -5.43. The summed E-state index contributed by atoms with van der Waals surface area (Å²) in [6, 6.07) is 39.1. The summed E-state index contributed by atoms with van der Waals surface area (Å²) < 4.78 is 49.9. The Balaban J connectivity index is 1.28. The second-order valence-electron chi connectivity index (χ2n) is 11.6. The van der Waals surface area contributed by atoms with E-state index in [-0.39, 0.29) is 24.8 Å². The van der Waals surface area contributed by atoms with Crippen LogP contribution in [0.5, 0.6) is 23.3 Å². The molecule has 7 rings (SSSR count). The van der Waals surface area contributed by atoms with Gasteiger partial charge in [-0.25, -0.2) is 4.98 Å². The van der Waals surface area contributed by atoms with Gasteiger partial charge in [0.25, 0.3) is 10.1 Å². The molecule has 0 unspecified atom stereocenters. The molecule has 0 spiro atoms. The molecule has 2 heterocycles. The summed E-state index contributed by atoms with van der Waals surface area (Å²) in [6.07, 6.45) is 1.05. The Kier molecular flexibility index (Phi) is 10.2. The van der Waals surface area contributed by atoms with Crippen molar-refractivity contribution >= 4 is 38.9 Å². The van der Waals surface area contributed by atoms with Gasteiger partial charge >= 0.3 is 6.01 Å². The maximum atomic E-state index is 11.2. The quantitative estimate of drug-likeness (QED) is 0.0906. The van der Waals surface area contributed by atoms with Crippen LogP contribution in [0.25, 0.3) is 22.8 Å². The molecule has 0 radical (unpaired) electrons. The molecule has 0 saturated carbocycles. The average molecular weight is 719 g/mol. The fourth-order valence-corrected chi connectivity index (χ4v) is 7.12. The van der Waals surface area contributed by atoms with Gasteiger partial charge in [0, 0.05) is 20.9 Å². The highest BCUT2D eigenvalue weighted by Crippen LogP contribution is 2.54. The van der Waals surface area contributed by atoms with Gasteiger partial charge in [-0.3, -0.25) is 4.55 Å². The summed E-state index contributed by atoms with van der Waals surface area (Å²) in [7, 11) is -4.06. The van der Waals surface area contributed by atoms with Crippen LogP contribution in [-0.2, 0) is 10.1 Å². The van der Waals surface area contributed by atoms with E-state index in [1.165, 1.54) is 0 Å². The smallest absolute Gasteiger partial charge is 0.326 e. The maximum absolute atomic E-state index is 11.2. The lowest BCUT2D eigenvalue weighted by molar-refractivity contribution is 0.315. The topological polar surface area (TPSA) is 124 Å². The first kappa shape index (κ1) is 34.0. The third-order valence-corrected chi connectivity index (χ3v) is 9.74. The van der Waals surface area contributed by atoms with Crippen LogP contribution in [0.15, 0.2) is 131 Å². The molecule has 0 bridgehead atoms. The van der Waals surface area contributed by atoms with Crippen molar-refractivity contribution in [1.29, 1.82) is 0 Å². The number of benzene rings is 5. The summed E-state index contributed by atoms with van der Waals surface area (Å²) in [6.45, 7) is 2.80. The minimum atomic E-state index is -4.06. The van der Waals surface area contributed by atoms with Crippen molar-refractivity contribution in [3.63, 3.8) is 0 Å². The van der Waals surface area contributed by atoms with Crippen molar-refractivity contribution in [2.24, 2.45) is 0 Å². The highest BCUT2D eigenvalue weighted by molar-refractivity contribution is 7.99. The van der Waals surface area contributed by atoms with E-state index in [1.807, 2.05) is 121 Å². The predicted octanol–water partition coefficient (Wildman–Crippen LogP) is 9.38. The Morgan fingerprint density at radius 2 is 1.22 bits per heavy atom. The fraction of sp³-hybridized carbons (Fsp3) is 0.154. The zero-order chi connectivity index (χ0) is 35.2. The lowest BCUT2D eigenvalue weighted by Gasteiger charge is -2.34. The molecule has 258 valence electrons. The number of fused-ring (bicyclic) bond motifs is 2.